The van der Waals surface area contributed by atoms with Crippen LogP contribution >= 0.6 is 11.6 Å². The van der Waals surface area contributed by atoms with Crippen LogP contribution in [-0.2, 0) is 6.54 Å². The zero-order valence-electron chi connectivity index (χ0n) is 11.6. The van der Waals surface area contributed by atoms with E-state index in [1.807, 2.05) is 13.1 Å². The highest BCUT2D eigenvalue weighted by Gasteiger charge is 2.26. The number of anilines is 1. The van der Waals surface area contributed by atoms with Crippen molar-refractivity contribution < 1.29 is 0 Å². The molecule has 0 unspecified atom stereocenters. The van der Waals surface area contributed by atoms with E-state index in [1.54, 1.807) is 0 Å². The number of benzene rings is 1. The molecular formula is C15H23ClN2. The van der Waals surface area contributed by atoms with Gasteiger partial charge >= 0.3 is 0 Å². The summed E-state index contributed by atoms with van der Waals surface area (Å²) in [5, 5.41) is 4.04. The van der Waals surface area contributed by atoms with E-state index in [0.29, 0.717) is 5.41 Å². The second-order valence-electron chi connectivity index (χ2n) is 5.95. The van der Waals surface area contributed by atoms with Crippen LogP contribution in [0.1, 0.15) is 32.3 Å². The highest BCUT2D eigenvalue weighted by atomic mass is 35.5. The van der Waals surface area contributed by atoms with E-state index in [-0.39, 0.29) is 0 Å². The van der Waals surface area contributed by atoms with Gasteiger partial charge in [-0.15, -0.1) is 0 Å². The van der Waals surface area contributed by atoms with E-state index in [2.05, 4.69) is 36.2 Å². The van der Waals surface area contributed by atoms with E-state index in [4.69, 9.17) is 11.6 Å². The lowest BCUT2D eigenvalue weighted by molar-refractivity contribution is 0.279. The molecule has 1 fully saturated rings. The first-order chi connectivity index (χ1) is 8.52. The average molecular weight is 267 g/mol. The molecule has 1 aliphatic heterocycles. The lowest BCUT2D eigenvalue weighted by Crippen LogP contribution is -2.37. The maximum atomic E-state index is 6.09. The van der Waals surface area contributed by atoms with Crippen molar-refractivity contribution in [1.82, 2.24) is 5.32 Å². The van der Waals surface area contributed by atoms with E-state index in [0.717, 1.165) is 24.7 Å². The van der Waals surface area contributed by atoms with Crippen LogP contribution in [0.3, 0.4) is 0 Å². The number of hydrogen-bond acceptors (Lipinski definition) is 2. The molecule has 0 atom stereocenters. The van der Waals surface area contributed by atoms with Gasteiger partial charge in [0.05, 0.1) is 0 Å². The SMILES string of the molecule is CNCc1cc(Cl)ccc1N1CCC(C)(C)CC1. The maximum Gasteiger partial charge on any atom is 0.0412 e. The molecule has 0 saturated carbocycles. The largest absolute Gasteiger partial charge is 0.371 e. The Balaban J connectivity index is 2.18. The Hall–Kier alpha value is -0.730. The van der Waals surface area contributed by atoms with Gasteiger partial charge < -0.3 is 10.2 Å². The van der Waals surface area contributed by atoms with Gasteiger partial charge in [-0.1, -0.05) is 25.4 Å². The fourth-order valence-electron chi connectivity index (χ4n) is 2.55. The number of nitrogens with zero attached hydrogens (tertiary/aromatic N) is 1. The second-order valence-corrected chi connectivity index (χ2v) is 6.39. The first-order valence-electron chi connectivity index (χ1n) is 6.70. The molecule has 1 aromatic carbocycles. The van der Waals surface area contributed by atoms with Crippen molar-refractivity contribution in [2.75, 3.05) is 25.0 Å². The molecule has 1 aliphatic rings. The molecular weight excluding hydrogens is 244 g/mol. The number of hydrogen-bond donors (Lipinski definition) is 1. The molecule has 1 aromatic rings. The molecule has 0 radical (unpaired) electrons. The highest BCUT2D eigenvalue weighted by Crippen LogP contribution is 2.34. The van der Waals surface area contributed by atoms with Gasteiger partial charge in [0.2, 0.25) is 0 Å². The van der Waals surface area contributed by atoms with E-state index >= 15 is 0 Å². The van der Waals surface area contributed by atoms with Crippen molar-refractivity contribution in [1.29, 1.82) is 0 Å². The van der Waals surface area contributed by atoms with E-state index in [9.17, 15) is 0 Å². The molecule has 2 rings (SSSR count). The summed E-state index contributed by atoms with van der Waals surface area (Å²) in [5.41, 5.74) is 3.13. The first kappa shape index (κ1) is 13.7. The molecule has 1 N–H and O–H groups in total. The van der Waals surface area contributed by atoms with Gasteiger partial charge in [-0.3, -0.25) is 0 Å². The maximum absolute atomic E-state index is 6.09. The summed E-state index contributed by atoms with van der Waals surface area (Å²) in [7, 11) is 1.98. The molecule has 1 heterocycles. The van der Waals surface area contributed by atoms with Crippen molar-refractivity contribution in [3.05, 3.63) is 28.8 Å². The Morgan fingerprint density at radius 2 is 1.94 bits per heavy atom. The fourth-order valence-corrected chi connectivity index (χ4v) is 2.74. The third kappa shape index (κ3) is 3.18. The van der Waals surface area contributed by atoms with Crippen LogP contribution < -0.4 is 10.2 Å². The van der Waals surface area contributed by atoms with Crippen molar-refractivity contribution in [2.45, 2.75) is 33.2 Å². The van der Waals surface area contributed by atoms with Crippen molar-refractivity contribution in [3.8, 4) is 0 Å². The quantitative estimate of drug-likeness (QED) is 0.898. The minimum Gasteiger partial charge on any atom is -0.371 e. The van der Waals surface area contributed by atoms with Crippen molar-refractivity contribution in [3.63, 3.8) is 0 Å². The molecule has 0 amide bonds. The van der Waals surface area contributed by atoms with Crippen LogP contribution in [0, 0.1) is 5.41 Å². The lowest BCUT2D eigenvalue weighted by Gasteiger charge is -2.39. The molecule has 0 aromatic heterocycles. The van der Waals surface area contributed by atoms with Crippen LogP contribution in [0.2, 0.25) is 5.02 Å². The Bertz CT molecular complexity index is 405. The van der Waals surface area contributed by atoms with Gasteiger partial charge in [-0.2, -0.15) is 0 Å². The molecule has 100 valence electrons. The molecule has 0 bridgehead atoms. The first-order valence-corrected chi connectivity index (χ1v) is 7.08. The summed E-state index contributed by atoms with van der Waals surface area (Å²) in [6.45, 7) is 7.88. The van der Waals surface area contributed by atoms with Gasteiger partial charge in [0, 0.05) is 30.3 Å². The van der Waals surface area contributed by atoms with Crippen molar-refractivity contribution in [2.24, 2.45) is 5.41 Å². The summed E-state index contributed by atoms with van der Waals surface area (Å²) in [6.07, 6.45) is 2.52. The van der Waals surface area contributed by atoms with E-state index in [1.165, 1.54) is 24.1 Å². The van der Waals surface area contributed by atoms with Crippen molar-refractivity contribution >= 4 is 17.3 Å². The Labute approximate surface area is 115 Å². The lowest BCUT2D eigenvalue weighted by atomic mass is 9.82. The Morgan fingerprint density at radius 1 is 1.28 bits per heavy atom. The van der Waals surface area contributed by atoms with E-state index < -0.39 is 0 Å². The van der Waals surface area contributed by atoms with Gasteiger partial charge in [-0.05, 0) is 49.1 Å². The topological polar surface area (TPSA) is 15.3 Å². The van der Waals surface area contributed by atoms with Gasteiger partial charge in [-0.25, -0.2) is 0 Å². The fraction of sp³-hybridized carbons (Fsp3) is 0.600. The minimum absolute atomic E-state index is 0.492. The van der Waals surface area contributed by atoms with Crippen LogP contribution in [0.15, 0.2) is 18.2 Å². The summed E-state index contributed by atoms with van der Waals surface area (Å²) < 4.78 is 0. The van der Waals surface area contributed by atoms with Crippen LogP contribution in [0.25, 0.3) is 0 Å². The summed E-state index contributed by atoms with van der Waals surface area (Å²) in [4.78, 5) is 2.49. The smallest absolute Gasteiger partial charge is 0.0412 e. The summed E-state index contributed by atoms with van der Waals surface area (Å²) in [6, 6.07) is 6.23. The Morgan fingerprint density at radius 3 is 2.56 bits per heavy atom. The second kappa shape index (κ2) is 5.50. The predicted molar refractivity (Wildman–Crippen MR) is 79.4 cm³/mol. The summed E-state index contributed by atoms with van der Waals surface area (Å²) >= 11 is 6.09. The molecule has 18 heavy (non-hydrogen) atoms. The number of piperidine rings is 1. The highest BCUT2D eigenvalue weighted by molar-refractivity contribution is 6.30. The summed E-state index contributed by atoms with van der Waals surface area (Å²) in [5.74, 6) is 0. The van der Waals surface area contributed by atoms with Crippen LogP contribution in [0.5, 0.6) is 0 Å². The van der Waals surface area contributed by atoms with Gasteiger partial charge in [0.1, 0.15) is 0 Å². The Kier molecular flexibility index (Phi) is 4.18. The predicted octanol–water partition coefficient (Wildman–Crippen LogP) is 3.69. The average Bonchev–Trinajstić information content (AvgIpc) is 2.31. The minimum atomic E-state index is 0.492. The molecule has 0 aliphatic carbocycles. The standard InChI is InChI=1S/C15H23ClN2/c1-15(2)6-8-18(9-7-15)14-5-4-13(16)10-12(14)11-17-3/h4-5,10,17H,6-9,11H2,1-3H3. The molecule has 3 heteroatoms. The van der Waals surface area contributed by atoms with Crippen LogP contribution in [-0.4, -0.2) is 20.1 Å². The van der Waals surface area contributed by atoms with Gasteiger partial charge in [0.15, 0.2) is 0 Å². The third-order valence-corrected chi connectivity index (χ3v) is 4.10. The molecule has 0 spiro atoms. The molecule has 2 nitrogen and oxygen atoms in total. The number of rotatable bonds is 3. The monoisotopic (exact) mass is 266 g/mol. The molecule has 1 saturated heterocycles. The normalized spacial score (nSPS) is 19.0. The third-order valence-electron chi connectivity index (χ3n) is 3.87. The zero-order valence-corrected chi connectivity index (χ0v) is 12.3. The van der Waals surface area contributed by atoms with Crippen LogP contribution in [0.4, 0.5) is 5.69 Å². The number of nitrogens with one attached hydrogen (secondary N) is 1. The van der Waals surface area contributed by atoms with Gasteiger partial charge in [0.25, 0.3) is 0 Å². The number of halogens is 1. The zero-order chi connectivity index (χ0) is 13.2.